The molecule has 0 bridgehead atoms. The Kier molecular flexibility index (Phi) is 5.05. The summed E-state index contributed by atoms with van der Waals surface area (Å²) >= 11 is 3.42. The van der Waals surface area contributed by atoms with E-state index in [1.165, 1.54) is 0 Å². The summed E-state index contributed by atoms with van der Waals surface area (Å²) in [6, 6.07) is 12.8. The largest absolute Gasteiger partial charge is 0.496 e. The highest BCUT2D eigenvalue weighted by atomic mass is 79.9. The Morgan fingerprint density at radius 2 is 2.00 bits per heavy atom. The van der Waals surface area contributed by atoms with E-state index in [1.807, 2.05) is 24.3 Å². The summed E-state index contributed by atoms with van der Waals surface area (Å²) in [6.45, 7) is 0.304. The molecule has 6 heteroatoms. The second-order valence-corrected chi connectivity index (χ2v) is 5.14. The van der Waals surface area contributed by atoms with Crippen LogP contribution in [0.5, 0.6) is 11.5 Å². The molecule has 3 N–H and O–H groups in total. The zero-order chi connectivity index (χ0) is 15.2. The van der Waals surface area contributed by atoms with Gasteiger partial charge in [-0.25, -0.2) is 0 Å². The summed E-state index contributed by atoms with van der Waals surface area (Å²) in [4.78, 5) is 0. The molecule has 0 saturated heterocycles. The van der Waals surface area contributed by atoms with Crippen molar-refractivity contribution < 1.29 is 14.7 Å². The van der Waals surface area contributed by atoms with Gasteiger partial charge in [0.15, 0.2) is 5.84 Å². The Balaban J connectivity index is 2.23. The first-order valence-corrected chi connectivity index (χ1v) is 6.97. The topological polar surface area (TPSA) is 77.1 Å². The van der Waals surface area contributed by atoms with Crippen molar-refractivity contribution in [3.8, 4) is 11.5 Å². The van der Waals surface area contributed by atoms with Crippen LogP contribution in [0.2, 0.25) is 0 Å². The maximum atomic E-state index is 8.80. The van der Waals surface area contributed by atoms with E-state index in [2.05, 4.69) is 21.1 Å². The van der Waals surface area contributed by atoms with E-state index in [0.717, 1.165) is 15.8 Å². The number of halogens is 1. The van der Waals surface area contributed by atoms with Crippen LogP contribution in [0, 0.1) is 0 Å². The molecule has 0 amide bonds. The number of hydrogen-bond acceptors (Lipinski definition) is 4. The van der Waals surface area contributed by atoms with Gasteiger partial charge in [-0.05, 0) is 30.3 Å². The van der Waals surface area contributed by atoms with Gasteiger partial charge in [0.1, 0.15) is 18.1 Å². The molecule has 0 aliphatic heterocycles. The molecule has 21 heavy (non-hydrogen) atoms. The minimum atomic E-state index is 0.00630. The van der Waals surface area contributed by atoms with E-state index >= 15 is 0 Å². The van der Waals surface area contributed by atoms with Crippen LogP contribution in [0.15, 0.2) is 52.1 Å². The summed E-state index contributed by atoms with van der Waals surface area (Å²) in [5.74, 6) is 1.28. The molecule has 0 fully saturated rings. The molecule has 0 spiro atoms. The van der Waals surface area contributed by atoms with Crippen molar-refractivity contribution in [2.24, 2.45) is 10.9 Å². The molecule has 0 heterocycles. The van der Waals surface area contributed by atoms with Crippen LogP contribution in [0.4, 0.5) is 0 Å². The van der Waals surface area contributed by atoms with Crippen LogP contribution in [0.25, 0.3) is 0 Å². The normalized spacial score (nSPS) is 11.2. The van der Waals surface area contributed by atoms with Gasteiger partial charge in [0.2, 0.25) is 0 Å². The van der Waals surface area contributed by atoms with Crippen LogP contribution < -0.4 is 15.2 Å². The van der Waals surface area contributed by atoms with Crippen LogP contribution in [0.1, 0.15) is 11.1 Å². The number of nitrogens with two attached hydrogens (primary N) is 1. The third-order valence-corrected chi connectivity index (χ3v) is 3.39. The predicted octanol–water partition coefficient (Wildman–Crippen LogP) is 3.13. The molecule has 2 rings (SSSR count). The van der Waals surface area contributed by atoms with Gasteiger partial charge in [0.05, 0.1) is 12.7 Å². The van der Waals surface area contributed by atoms with Crippen molar-refractivity contribution in [3.05, 3.63) is 58.1 Å². The van der Waals surface area contributed by atoms with Crippen LogP contribution in [-0.4, -0.2) is 18.2 Å². The quantitative estimate of drug-likeness (QED) is 0.376. The van der Waals surface area contributed by atoms with Gasteiger partial charge in [0.25, 0.3) is 0 Å². The number of amidine groups is 1. The predicted molar refractivity (Wildman–Crippen MR) is 84.0 cm³/mol. The smallest absolute Gasteiger partial charge is 0.173 e. The van der Waals surface area contributed by atoms with E-state index in [-0.39, 0.29) is 5.84 Å². The molecule has 2 aromatic carbocycles. The van der Waals surface area contributed by atoms with Crippen molar-refractivity contribution >= 4 is 21.8 Å². The zero-order valence-corrected chi connectivity index (χ0v) is 13.0. The van der Waals surface area contributed by atoms with Gasteiger partial charge in [-0.15, -0.1) is 0 Å². The lowest BCUT2D eigenvalue weighted by Gasteiger charge is -2.13. The molecular weight excluding hydrogens is 336 g/mol. The van der Waals surface area contributed by atoms with E-state index in [0.29, 0.717) is 17.9 Å². The highest BCUT2D eigenvalue weighted by Crippen LogP contribution is 2.25. The standard InChI is InChI=1S/C15H15BrN2O3/c1-20-13-7-6-11(16)8-10(13)9-21-14-5-3-2-4-12(14)15(17)18-19/h2-8,19H,9H2,1H3,(H2,17,18). The SMILES string of the molecule is COc1ccc(Br)cc1COc1ccccc1C(N)=NO. The Morgan fingerprint density at radius 3 is 2.71 bits per heavy atom. The number of nitrogens with zero attached hydrogens (tertiary/aromatic N) is 1. The summed E-state index contributed by atoms with van der Waals surface area (Å²) in [5, 5.41) is 11.8. The molecule has 0 aliphatic rings. The summed E-state index contributed by atoms with van der Waals surface area (Å²) < 4.78 is 12.0. The van der Waals surface area contributed by atoms with Crippen molar-refractivity contribution in [3.63, 3.8) is 0 Å². The van der Waals surface area contributed by atoms with E-state index < -0.39 is 0 Å². The van der Waals surface area contributed by atoms with Crippen LogP contribution >= 0.6 is 15.9 Å². The molecule has 0 radical (unpaired) electrons. The summed E-state index contributed by atoms with van der Waals surface area (Å²) in [7, 11) is 1.61. The Labute approximate surface area is 131 Å². The first-order valence-electron chi connectivity index (χ1n) is 6.18. The molecule has 5 nitrogen and oxygen atoms in total. The highest BCUT2D eigenvalue weighted by molar-refractivity contribution is 9.10. The number of benzene rings is 2. The number of oxime groups is 1. The van der Waals surface area contributed by atoms with Gasteiger partial charge >= 0.3 is 0 Å². The number of para-hydroxylation sites is 1. The van der Waals surface area contributed by atoms with Crippen molar-refractivity contribution in [1.29, 1.82) is 0 Å². The average Bonchev–Trinajstić information content (AvgIpc) is 2.52. The van der Waals surface area contributed by atoms with Gasteiger partial charge in [-0.1, -0.05) is 33.2 Å². The Hall–Kier alpha value is -2.21. The molecule has 0 aliphatic carbocycles. The fourth-order valence-electron chi connectivity index (χ4n) is 1.87. The monoisotopic (exact) mass is 350 g/mol. The van der Waals surface area contributed by atoms with Gasteiger partial charge in [-0.2, -0.15) is 0 Å². The van der Waals surface area contributed by atoms with Crippen molar-refractivity contribution in [1.82, 2.24) is 0 Å². The lowest BCUT2D eigenvalue weighted by molar-refractivity contribution is 0.294. The highest BCUT2D eigenvalue weighted by Gasteiger charge is 2.10. The minimum absolute atomic E-state index is 0.00630. The second-order valence-electron chi connectivity index (χ2n) is 4.23. The first kappa shape index (κ1) is 15.2. The van der Waals surface area contributed by atoms with Gasteiger partial charge < -0.3 is 20.4 Å². The molecule has 0 saturated carbocycles. The summed E-state index contributed by atoms with van der Waals surface area (Å²) in [6.07, 6.45) is 0. The maximum Gasteiger partial charge on any atom is 0.173 e. The van der Waals surface area contributed by atoms with Crippen LogP contribution in [0.3, 0.4) is 0 Å². The van der Waals surface area contributed by atoms with Gasteiger partial charge in [-0.3, -0.25) is 0 Å². The average molecular weight is 351 g/mol. The number of methoxy groups -OCH3 is 1. The lowest BCUT2D eigenvalue weighted by atomic mass is 10.2. The van der Waals surface area contributed by atoms with E-state index in [1.54, 1.807) is 25.3 Å². The molecule has 0 atom stereocenters. The Bertz CT molecular complexity index is 659. The third kappa shape index (κ3) is 3.66. The zero-order valence-electron chi connectivity index (χ0n) is 11.4. The van der Waals surface area contributed by atoms with E-state index in [9.17, 15) is 0 Å². The first-order chi connectivity index (χ1) is 10.2. The lowest BCUT2D eigenvalue weighted by Crippen LogP contribution is -2.14. The molecule has 110 valence electrons. The van der Waals surface area contributed by atoms with Crippen molar-refractivity contribution in [2.75, 3.05) is 7.11 Å². The molecule has 0 unspecified atom stereocenters. The third-order valence-electron chi connectivity index (χ3n) is 2.90. The van der Waals surface area contributed by atoms with Gasteiger partial charge in [0, 0.05) is 10.0 Å². The number of ether oxygens (including phenoxy) is 2. The Morgan fingerprint density at radius 1 is 1.24 bits per heavy atom. The minimum Gasteiger partial charge on any atom is -0.496 e. The summed E-state index contributed by atoms with van der Waals surface area (Å²) in [5.41, 5.74) is 7.06. The molecule has 2 aromatic rings. The maximum absolute atomic E-state index is 8.80. The number of rotatable bonds is 5. The van der Waals surface area contributed by atoms with Crippen LogP contribution in [-0.2, 0) is 6.61 Å². The molecular formula is C15H15BrN2O3. The molecule has 0 aromatic heterocycles. The second kappa shape index (κ2) is 6.99. The fourth-order valence-corrected chi connectivity index (χ4v) is 2.28. The fraction of sp³-hybridized carbons (Fsp3) is 0.133. The van der Waals surface area contributed by atoms with Crippen molar-refractivity contribution in [2.45, 2.75) is 6.61 Å². The number of hydrogen-bond donors (Lipinski definition) is 2. The van der Waals surface area contributed by atoms with E-state index in [4.69, 9.17) is 20.4 Å².